The van der Waals surface area contributed by atoms with Crippen LogP contribution in [0.3, 0.4) is 0 Å². The molecule has 0 unspecified atom stereocenters. The number of benzene rings is 2. The summed E-state index contributed by atoms with van der Waals surface area (Å²) in [4.78, 5) is 34.6. The first-order valence-corrected chi connectivity index (χ1v) is 8.41. The van der Waals surface area contributed by atoms with Crippen LogP contribution in [0.25, 0.3) is 0 Å². The lowest BCUT2D eigenvalue weighted by Gasteiger charge is -2.07. The molecule has 0 spiro atoms. The summed E-state index contributed by atoms with van der Waals surface area (Å²) in [5, 5.41) is 0. The molecule has 0 aliphatic heterocycles. The number of hydrogen-bond acceptors (Lipinski definition) is 6. The molecule has 0 aliphatic carbocycles. The van der Waals surface area contributed by atoms with Crippen molar-refractivity contribution in [2.24, 2.45) is 0 Å². The predicted octanol–water partition coefficient (Wildman–Crippen LogP) is 3.75. The molecule has 6 nitrogen and oxygen atoms in total. The molecular weight excluding hydrogens is 360 g/mol. The van der Waals surface area contributed by atoms with Gasteiger partial charge < -0.3 is 14.2 Å². The van der Waals surface area contributed by atoms with Gasteiger partial charge in [-0.2, -0.15) is 0 Å². The van der Waals surface area contributed by atoms with E-state index in [2.05, 4.69) is 13.2 Å². The van der Waals surface area contributed by atoms with Crippen LogP contribution >= 0.6 is 0 Å². The summed E-state index contributed by atoms with van der Waals surface area (Å²) >= 11 is 0. The quantitative estimate of drug-likeness (QED) is 0.394. The maximum atomic E-state index is 12.2. The van der Waals surface area contributed by atoms with Gasteiger partial charge in [-0.05, 0) is 42.3 Å². The van der Waals surface area contributed by atoms with Crippen LogP contribution in [0.4, 0.5) is 0 Å². The topological polar surface area (TPSA) is 78.9 Å². The molecule has 0 amide bonds. The third-order valence-corrected chi connectivity index (χ3v) is 3.59. The van der Waals surface area contributed by atoms with Crippen molar-refractivity contribution in [3.63, 3.8) is 0 Å². The summed E-state index contributed by atoms with van der Waals surface area (Å²) in [7, 11) is 0. The lowest BCUT2D eigenvalue weighted by atomic mass is 10.1. The molecule has 0 atom stereocenters. The second-order valence-electron chi connectivity index (χ2n) is 5.90. The molecule has 0 aliphatic rings. The van der Waals surface area contributed by atoms with E-state index in [1.165, 1.54) is 0 Å². The summed E-state index contributed by atoms with van der Waals surface area (Å²) in [6.45, 7) is 8.61. The van der Waals surface area contributed by atoms with E-state index in [4.69, 9.17) is 14.2 Å². The van der Waals surface area contributed by atoms with Gasteiger partial charge in [-0.25, -0.2) is 14.4 Å². The summed E-state index contributed by atoms with van der Waals surface area (Å²) in [5.41, 5.74) is 2.18. The lowest BCUT2D eigenvalue weighted by molar-refractivity contribution is -0.140. The highest BCUT2D eigenvalue weighted by Crippen LogP contribution is 2.16. The highest BCUT2D eigenvalue weighted by Gasteiger charge is 2.10. The van der Waals surface area contributed by atoms with Gasteiger partial charge in [0, 0.05) is 11.6 Å². The molecule has 0 radical (unpaired) electrons. The number of ether oxygens (including phenoxy) is 3. The average molecular weight is 380 g/mol. The molecule has 0 N–H and O–H groups in total. The minimum Gasteiger partial charge on any atom is -0.458 e. The van der Waals surface area contributed by atoms with Crippen LogP contribution in [0.5, 0.6) is 5.75 Å². The van der Waals surface area contributed by atoms with Crippen LogP contribution in [0, 0.1) is 0 Å². The minimum absolute atomic E-state index is 0.0961. The molecule has 6 heteroatoms. The first-order chi connectivity index (χ1) is 13.4. The van der Waals surface area contributed by atoms with E-state index in [1.807, 2.05) is 0 Å². The standard InChI is InChI=1S/C22H20O6/c1-4-20(23)26-13-17-7-11-19(12-8-17)28-22(25)18-9-5-16(6-10-18)14-27-21(24)15(2)3/h4-12H,1-2,13-14H2,3H3. The maximum Gasteiger partial charge on any atom is 0.343 e. The van der Waals surface area contributed by atoms with Crippen molar-refractivity contribution >= 4 is 17.9 Å². The zero-order valence-corrected chi connectivity index (χ0v) is 15.5. The van der Waals surface area contributed by atoms with E-state index in [-0.39, 0.29) is 13.2 Å². The first kappa shape index (κ1) is 20.6. The molecule has 0 heterocycles. The maximum absolute atomic E-state index is 12.2. The predicted molar refractivity (Wildman–Crippen MR) is 102 cm³/mol. The third-order valence-electron chi connectivity index (χ3n) is 3.59. The highest BCUT2D eigenvalue weighted by molar-refractivity contribution is 5.91. The van der Waals surface area contributed by atoms with Crippen molar-refractivity contribution in [1.82, 2.24) is 0 Å². The van der Waals surface area contributed by atoms with Gasteiger partial charge in [-0.15, -0.1) is 0 Å². The van der Waals surface area contributed by atoms with E-state index >= 15 is 0 Å². The highest BCUT2D eigenvalue weighted by atomic mass is 16.5. The summed E-state index contributed by atoms with van der Waals surface area (Å²) in [5.74, 6) is -1.13. The van der Waals surface area contributed by atoms with Crippen LogP contribution in [-0.2, 0) is 32.3 Å². The Kier molecular flexibility index (Phi) is 7.28. The molecule has 0 saturated carbocycles. The Morgan fingerprint density at radius 3 is 1.96 bits per heavy atom. The SMILES string of the molecule is C=CC(=O)OCc1ccc(OC(=O)c2ccc(COC(=O)C(=C)C)cc2)cc1. The molecule has 2 rings (SSSR count). The van der Waals surface area contributed by atoms with E-state index in [0.29, 0.717) is 16.9 Å². The number of rotatable bonds is 8. The molecule has 2 aromatic carbocycles. The second kappa shape index (κ2) is 9.87. The van der Waals surface area contributed by atoms with E-state index in [9.17, 15) is 14.4 Å². The van der Waals surface area contributed by atoms with Crippen molar-refractivity contribution < 1.29 is 28.6 Å². The van der Waals surface area contributed by atoms with Gasteiger partial charge in [0.25, 0.3) is 0 Å². The van der Waals surface area contributed by atoms with Gasteiger partial charge in [-0.1, -0.05) is 37.4 Å². The zero-order chi connectivity index (χ0) is 20.5. The molecule has 0 fully saturated rings. The van der Waals surface area contributed by atoms with Crippen LogP contribution in [0.2, 0.25) is 0 Å². The van der Waals surface area contributed by atoms with Crippen LogP contribution in [0.15, 0.2) is 73.3 Å². The number of esters is 3. The van der Waals surface area contributed by atoms with Gasteiger partial charge in [-0.3, -0.25) is 0 Å². The second-order valence-corrected chi connectivity index (χ2v) is 5.90. The molecule has 2 aromatic rings. The Morgan fingerprint density at radius 1 is 0.893 bits per heavy atom. The Morgan fingerprint density at radius 2 is 1.43 bits per heavy atom. The summed E-state index contributed by atoms with van der Waals surface area (Å²) in [6, 6.07) is 13.2. The van der Waals surface area contributed by atoms with Gasteiger partial charge in [0.05, 0.1) is 5.56 Å². The molecule has 0 aromatic heterocycles. The fourth-order valence-electron chi connectivity index (χ4n) is 2.04. The van der Waals surface area contributed by atoms with E-state index in [0.717, 1.165) is 17.2 Å². The Hall–Kier alpha value is -3.67. The minimum atomic E-state index is -0.517. The van der Waals surface area contributed by atoms with Gasteiger partial charge in [0.1, 0.15) is 19.0 Å². The zero-order valence-electron chi connectivity index (χ0n) is 15.5. The van der Waals surface area contributed by atoms with Crippen molar-refractivity contribution in [1.29, 1.82) is 0 Å². The van der Waals surface area contributed by atoms with Crippen LogP contribution in [-0.4, -0.2) is 17.9 Å². The Labute approximate surface area is 163 Å². The summed E-state index contributed by atoms with van der Waals surface area (Å²) < 4.78 is 15.3. The van der Waals surface area contributed by atoms with Crippen LogP contribution < -0.4 is 4.74 Å². The molecule has 144 valence electrons. The van der Waals surface area contributed by atoms with Crippen molar-refractivity contribution in [2.75, 3.05) is 0 Å². The summed E-state index contributed by atoms with van der Waals surface area (Å²) in [6.07, 6.45) is 1.09. The number of hydrogen-bond donors (Lipinski definition) is 0. The fraction of sp³-hybridized carbons (Fsp3) is 0.136. The smallest absolute Gasteiger partial charge is 0.343 e. The van der Waals surface area contributed by atoms with Crippen molar-refractivity contribution in [3.8, 4) is 5.75 Å². The van der Waals surface area contributed by atoms with E-state index < -0.39 is 17.9 Å². The first-order valence-electron chi connectivity index (χ1n) is 8.41. The Balaban J connectivity index is 1.90. The number of carbonyl (C=O) groups is 3. The van der Waals surface area contributed by atoms with Crippen molar-refractivity contribution in [3.05, 3.63) is 90.0 Å². The number of carbonyl (C=O) groups excluding carboxylic acids is 3. The van der Waals surface area contributed by atoms with Gasteiger partial charge in [0.15, 0.2) is 0 Å². The van der Waals surface area contributed by atoms with Crippen molar-refractivity contribution in [2.45, 2.75) is 20.1 Å². The molecular formula is C22H20O6. The molecule has 28 heavy (non-hydrogen) atoms. The molecule has 0 saturated heterocycles. The lowest BCUT2D eigenvalue weighted by Crippen LogP contribution is -2.09. The average Bonchev–Trinajstić information content (AvgIpc) is 2.71. The largest absolute Gasteiger partial charge is 0.458 e. The van der Waals surface area contributed by atoms with Gasteiger partial charge >= 0.3 is 17.9 Å². The normalized spacial score (nSPS) is 9.89. The Bertz CT molecular complexity index is 878. The third kappa shape index (κ3) is 6.25. The fourth-order valence-corrected chi connectivity index (χ4v) is 2.04. The monoisotopic (exact) mass is 380 g/mol. The van der Waals surface area contributed by atoms with E-state index in [1.54, 1.807) is 55.5 Å². The van der Waals surface area contributed by atoms with Crippen LogP contribution in [0.1, 0.15) is 28.4 Å². The van der Waals surface area contributed by atoms with Gasteiger partial charge in [0.2, 0.25) is 0 Å². The molecule has 0 bridgehead atoms.